The van der Waals surface area contributed by atoms with Crippen LogP contribution in [0.25, 0.3) is 10.9 Å². The summed E-state index contributed by atoms with van der Waals surface area (Å²) in [5.74, 6) is 1.63. The number of guanidine groups is 1. The Labute approximate surface area is 188 Å². The fourth-order valence-electron chi connectivity index (χ4n) is 3.32. The number of ether oxygens (including phenoxy) is 1. The molecule has 0 amide bonds. The van der Waals surface area contributed by atoms with Crippen LogP contribution in [0.5, 0.6) is 11.5 Å². The summed E-state index contributed by atoms with van der Waals surface area (Å²) in [6.45, 7) is 3.38. The molecular weight excluding hydrogens is 479 g/mol. The van der Waals surface area contributed by atoms with E-state index in [1.807, 2.05) is 6.07 Å². The maximum Gasteiger partial charge on any atom is 0.191 e. The monoisotopic (exact) mass is 508 g/mol. The van der Waals surface area contributed by atoms with Crippen LogP contribution >= 0.6 is 24.0 Å². The number of aromatic nitrogens is 1. The number of aromatic amines is 1. The lowest BCUT2D eigenvalue weighted by Crippen LogP contribution is -2.37. The Hall–Kier alpha value is -2.42. The van der Waals surface area contributed by atoms with Crippen molar-refractivity contribution in [3.8, 4) is 11.5 Å². The van der Waals surface area contributed by atoms with E-state index in [-0.39, 0.29) is 29.7 Å². The molecule has 0 aliphatic heterocycles. The van der Waals surface area contributed by atoms with Gasteiger partial charge in [0, 0.05) is 42.8 Å². The molecule has 0 fully saturated rings. The minimum Gasteiger partial charge on any atom is -0.508 e. The van der Waals surface area contributed by atoms with Gasteiger partial charge in [0.1, 0.15) is 11.5 Å². The van der Waals surface area contributed by atoms with E-state index in [9.17, 15) is 5.11 Å². The number of nitrogens with one attached hydrogen (secondary N) is 3. The number of methoxy groups -OCH3 is 1. The molecule has 0 radical (unpaired) electrons. The van der Waals surface area contributed by atoms with Gasteiger partial charge in [0.15, 0.2) is 5.96 Å². The summed E-state index contributed by atoms with van der Waals surface area (Å²) in [6.07, 6.45) is 4.00. The number of phenols is 1. The maximum absolute atomic E-state index is 10.0. The molecule has 0 aliphatic rings. The summed E-state index contributed by atoms with van der Waals surface area (Å²) in [4.78, 5) is 7.67. The number of halogens is 1. The highest BCUT2D eigenvalue weighted by molar-refractivity contribution is 14.0. The number of phenolic OH excluding ortho intramolecular Hbond substituents is 1. The second-order valence-corrected chi connectivity index (χ2v) is 6.60. The van der Waals surface area contributed by atoms with E-state index in [0.717, 1.165) is 24.9 Å². The third-order valence-electron chi connectivity index (χ3n) is 4.91. The van der Waals surface area contributed by atoms with Gasteiger partial charge in [-0.25, -0.2) is 0 Å². The Balaban J connectivity index is 0.00000300. The average Bonchev–Trinajstić information content (AvgIpc) is 3.14. The van der Waals surface area contributed by atoms with Crippen molar-refractivity contribution < 1.29 is 9.84 Å². The van der Waals surface area contributed by atoms with E-state index in [1.54, 1.807) is 26.3 Å². The van der Waals surface area contributed by atoms with Crippen molar-refractivity contribution in [2.45, 2.75) is 26.3 Å². The standard InChI is InChI=1S/C22H28N4O2.HI/c1-4-15-6-5-7-19-16(13-25-21(15)19)10-11-24-22(23-2)26-14-17-12-18(28-3)8-9-20(17)27;/h5-9,12-13,25,27H,4,10-11,14H2,1-3H3,(H2,23,24,26);1H. The average molecular weight is 508 g/mol. The molecule has 0 saturated carbocycles. The van der Waals surface area contributed by atoms with Gasteiger partial charge >= 0.3 is 0 Å². The molecule has 0 aliphatic carbocycles. The zero-order valence-electron chi connectivity index (χ0n) is 17.1. The van der Waals surface area contributed by atoms with Crippen molar-refractivity contribution in [1.82, 2.24) is 15.6 Å². The third-order valence-corrected chi connectivity index (χ3v) is 4.91. The molecule has 0 bridgehead atoms. The number of fused-ring (bicyclic) bond motifs is 1. The zero-order chi connectivity index (χ0) is 19.9. The van der Waals surface area contributed by atoms with Crippen molar-refractivity contribution in [3.63, 3.8) is 0 Å². The van der Waals surface area contributed by atoms with E-state index >= 15 is 0 Å². The van der Waals surface area contributed by atoms with Gasteiger partial charge < -0.3 is 25.5 Å². The van der Waals surface area contributed by atoms with E-state index in [1.165, 1.54) is 22.0 Å². The molecule has 4 N–H and O–H groups in total. The summed E-state index contributed by atoms with van der Waals surface area (Å²) in [5, 5.41) is 17.8. The summed E-state index contributed by atoms with van der Waals surface area (Å²) in [5.41, 5.74) is 4.62. The summed E-state index contributed by atoms with van der Waals surface area (Å²) in [6, 6.07) is 11.6. The number of benzene rings is 2. The fourth-order valence-corrected chi connectivity index (χ4v) is 3.32. The first kappa shape index (κ1) is 22.9. The molecule has 0 spiro atoms. The van der Waals surface area contributed by atoms with Crippen molar-refractivity contribution in [1.29, 1.82) is 0 Å². The van der Waals surface area contributed by atoms with Crippen molar-refractivity contribution in [2.24, 2.45) is 4.99 Å². The topological polar surface area (TPSA) is 81.7 Å². The molecule has 6 nitrogen and oxygen atoms in total. The van der Waals surface area contributed by atoms with Gasteiger partial charge in [-0.2, -0.15) is 0 Å². The molecule has 7 heteroatoms. The molecule has 156 valence electrons. The Morgan fingerprint density at radius 3 is 2.69 bits per heavy atom. The summed E-state index contributed by atoms with van der Waals surface area (Å²) in [7, 11) is 3.35. The second kappa shape index (κ2) is 10.9. The number of aromatic hydroxyl groups is 1. The number of aryl methyl sites for hydroxylation is 1. The van der Waals surface area contributed by atoms with Crippen LogP contribution in [0.2, 0.25) is 0 Å². The Bertz CT molecular complexity index is 969. The molecule has 1 heterocycles. The van der Waals surface area contributed by atoms with Gasteiger partial charge in [-0.15, -0.1) is 24.0 Å². The highest BCUT2D eigenvalue weighted by Gasteiger charge is 2.08. The fraction of sp³-hybridized carbons (Fsp3) is 0.318. The van der Waals surface area contributed by atoms with Crippen LogP contribution in [0.3, 0.4) is 0 Å². The second-order valence-electron chi connectivity index (χ2n) is 6.60. The first-order valence-electron chi connectivity index (χ1n) is 9.54. The number of para-hydroxylation sites is 1. The van der Waals surface area contributed by atoms with Gasteiger partial charge in [0.05, 0.1) is 7.11 Å². The number of aliphatic imine (C=N–C) groups is 1. The highest BCUT2D eigenvalue weighted by Crippen LogP contribution is 2.23. The van der Waals surface area contributed by atoms with Crippen molar-refractivity contribution in [2.75, 3.05) is 20.7 Å². The number of nitrogens with zero attached hydrogens (tertiary/aromatic N) is 1. The quantitative estimate of drug-likeness (QED) is 0.221. The largest absolute Gasteiger partial charge is 0.508 e. The van der Waals surface area contributed by atoms with Crippen LogP contribution in [-0.4, -0.2) is 36.8 Å². The SMILES string of the molecule is CCc1cccc2c(CCNC(=NC)NCc3cc(OC)ccc3O)c[nH]c12.I. The Morgan fingerprint density at radius 2 is 1.97 bits per heavy atom. The molecule has 3 aromatic rings. The van der Waals surface area contributed by atoms with Crippen LogP contribution < -0.4 is 15.4 Å². The van der Waals surface area contributed by atoms with Crippen LogP contribution in [0.15, 0.2) is 47.6 Å². The number of rotatable bonds is 7. The zero-order valence-corrected chi connectivity index (χ0v) is 19.4. The van der Waals surface area contributed by atoms with Gasteiger partial charge in [0.2, 0.25) is 0 Å². The minimum absolute atomic E-state index is 0. The molecule has 1 aromatic heterocycles. The van der Waals surface area contributed by atoms with E-state index < -0.39 is 0 Å². The third kappa shape index (κ3) is 5.56. The predicted octanol–water partition coefficient (Wildman–Crippen LogP) is 3.97. The molecule has 29 heavy (non-hydrogen) atoms. The number of H-pyrrole nitrogens is 1. The smallest absolute Gasteiger partial charge is 0.191 e. The Morgan fingerprint density at radius 1 is 1.14 bits per heavy atom. The normalized spacial score (nSPS) is 11.2. The van der Waals surface area contributed by atoms with Gasteiger partial charge in [-0.05, 0) is 42.2 Å². The van der Waals surface area contributed by atoms with Crippen LogP contribution in [-0.2, 0) is 19.4 Å². The van der Waals surface area contributed by atoms with Crippen molar-refractivity contribution in [3.05, 3.63) is 59.3 Å². The van der Waals surface area contributed by atoms with Crippen LogP contribution in [0.4, 0.5) is 0 Å². The predicted molar refractivity (Wildman–Crippen MR) is 130 cm³/mol. The number of hydrogen-bond donors (Lipinski definition) is 4. The number of hydrogen-bond acceptors (Lipinski definition) is 3. The minimum atomic E-state index is 0. The highest BCUT2D eigenvalue weighted by atomic mass is 127. The van der Waals surface area contributed by atoms with Crippen LogP contribution in [0, 0.1) is 0 Å². The molecular formula is C22H29IN4O2. The van der Waals surface area contributed by atoms with E-state index in [2.05, 4.69) is 51.9 Å². The maximum atomic E-state index is 10.0. The molecule has 0 saturated heterocycles. The lowest BCUT2D eigenvalue weighted by Gasteiger charge is -2.13. The van der Waals surface area contributed by atoms with Crippen molar-refractivity contribution >= 4 is 40.8 Å². The molecule has 0 unspecified atom stereocenters. The Kier molecular flexibility index (Phi) is 8.63. The first-order valence-corrected chi connectivity index (χ1v) is 9.54. The molecule has 2 aromatic carbocycles. The van der Waals surface area contributed by atoms with Gasteiger partial charge in [0.25, 0.3) is 0 Å². The first-order chi connectivity index (χ1) is 13.7. The van der Waals surface area contributed by atoms with E-state index in [4.69, 9.17) is 4.74 Å². The van der Waals surface area contributed by atoms with Crippen LogP contribution in [0.1, 0.15) is 23.6 Å². The summed E-state index contributed by atoms with van der Waals surface area (Å²) < 4.78 is 5.21. The van der Waals surface area contributed by atoms with Gasteiger partial charge in [-0.1, -0.05) is 25.1 Å². The van der Waals surface area contributed by atoms with Gasteiger partial charge in [-0.3, -0.25) is 4.99 Å². The lowest BCUT2D eigenvalue weighted by molar-refractivity contribution is 0.410. The molecule has 3 rings (SSSR count). The van der Waals surface area contributed by atoms with E-state index in [0.29, 0.717) is 18.3 Å². The lowest BCUT2D eigenvalue weighted by atomic mass is 10.1. The summed E-state index contributed by atoms with van der Waals surface area (Å²) >= 11 is 0. The molecule has 0 atom stereocenters.